The molecule has 1 aliphatic carbocycles. The number of thiophene rings is 1. The van der Waals surface area contributed by atoms with Crippen LogP contribution in [0.2, 0.25) is 0 Å². The second kappa shape index (κ2) is 6.82. The molecule has 0 radical (unpaired) electrons. The van der Waals surface area contributed by atoms with Crippen LogP contribution >= 0.6 is 23.7 Å². The van der Waals surface area contributed by atoms with Crippen molar-refractivity contribution >= 4 is 29.7 Å². The normalized spacial score (nSPS) is 18.5. The van der Waals surface area contributed by atoms with Gasteiger partial charge in [0.15, 0.2) is 5.82 Å². The second-order valence-electron chi connectivity index (χ2n) is 6.46. The van der Waals surface area contributed by atoms with Crippen molar-refractivity contribution < 1.29 is 9.32 Å². The third-order valence-electron chi connectivity index (χ3n) is 4.87. The molecule has 0 spiro atoms. The Morgan fingerprint density at radius 3 is 3.04 bits per heavy atom. The fourth-order valence-electron chi connectivity index (χ4n) is 3.17. The molecule has 2 aliphatic rings. The molecule has 2 N–H and O–H groups in total. The number of hydrogen-bond acceptors (Lipinski definition) is 6. The van der Waals surface area contributed by atoms with Gasteiger partial charge in [-0.25, -0.2) is 0 Å². The first kappa shape index (κ1) is 17.4. The molecule has 24 heavy (non-hydrogen) atoms. The summed E-state index contributed by atoms with van der Waals surface area (Å²) in [4.78, 5) is 20.1. The van der Waals surface area contributed by atoms with E-state index >= 15 is 0 Å². The molecular weight excluding hydrogens is 348 g/mol. The molecule has 1 fully saturated rings. The van der Waals surface area contributed by atoms with E-state index in [-0.39, 0.29) is 18.3 Å². The van der Waals surface area contributed by atoms with E-state index < -0.39 is 5.54 Å². The number of nitrogens with two attached hydrogens (primary N) is 1. The Labute approximate surface area is 150 Å². The number of hydrogen-bond donors (Lipinski definition) is 1. The molecule has 1 amide bonds. The van der Waals surface area contributed by atoms with E-state index in [0.29, 0.717) is 24.6 Å². The Hall–Kier alpha value is -1.44. The fraction of sp³-hybridized carbons (Fsp3) is 0.562. The molecule has 0 bridgehead atoms. The first-order chi connectivity index (χ1) is 11.1. The zero-order valence-electron chi connectivity index (χ0n) is 13.4. The summed E-state index contributed by atoms with van der Waals surface area (Å²) < 4.78 is 5.26. The van der Waals surface area contributed by atoms with Crippen LogP contribution in [0.5, 0.6) is 0 Å². The number of rotatable bonds is 4. The monoisotopic (exact) mass is 368 g/mol. The average molecular weight is 369 g/mol. The van der Waals surface area contributed by atoms with Crippen molar-refractivity contribution in [2.75, 3.05) is 6.54 Å². The quantitative estimate of drug-likeness (QED) is 0.895. The second-order valence-corrected chi connectivity index (χ2v) is 7.46. The van der Waals surface area contributed by atoms with Gasteiger partial charge in [0.2, 0.25) is 11.8 Å². The molecule has 2 aromatic heterocycles. The topological polar surface area (TPSA) is 85.2 Å². The highest BCUT2D eigenvalue weighted by Crippen LogP contribution is 2.36. The van der Waals surface area contributed by atoms with E-state index in [1.807, 2.05) is 4.90 Å². The van der Waals surface area contributed by atoms with E-state index in [9.17, 15) is 4.79 Å². The van der Waals surface area contributed by atoms with Gasteiger partial charge in [0.05, 0.1) is 5.54 Å². The molecule has 8 heteroatoms. The van der Waals surface area contributed by atoms with Crippen molar-refractivity contribution in [2.24, 2.45) is 5.73 Å². The maximum atomic E-state index is 12.4. The molecule has 0 saturated heterocycles. The molecule has 0 aromatic carbocycles. The van der Waals surface area contributed by atoms with Gasteiger partial charge in [0.25, 0.3) is 0 Å². The summed E-state index contributed by atoms with van der Waals surface area (Å²) >= 11 is 1.78. The van der Waals surface area contributed by atoms with Crippen molar-refractivity contribution in [2.45, 2.75) is 50.6 Å². The molecule has 130 valence electrons. The molecule has 2 aromatic rings. The Balaban J connectivity index is 0.00000169. The summed E-state index contributed by atoms with van der Waals surface area (Å²) in [6, 6.07) is 2.11. The minimum Gasteiger partial charge on any atom is -0.339 e. The summed E-state index contributed by atoms with van der Waals surface area (Å²) in [6.45, 7) is 1.52. The average Bonchev–Trinajstić information content (AvgIpc) is 3.18. The van der Waals surface area contributed by atoms with Gasteiger partial charge in [-0.1, -0.05) is 5.16 Å². The van der Waals surface area contributed by atoms with Crippen LogP contribution in [0.1, 0.15) is 47.8 Å². The Bertz CT molecular complexity index is 725. The fourth-order valence-corrected chi connectivity index (χ4v) is 4.06. The van der Waals surface area contributed by atoms with E-state index in [0.717, 1.165) is 38.8 Å². The molecule has 0 atom stereocenters. The van der Waals surface area contributed by atoms with Crippen LogP contribution in [-0.2, 0) is 29.7 Å². The predicted octanol–water partition coefficient (Wildman–Crippen LogP) is 2.41. The third-order valence-corrected chi connectivity index (χ3v) is 5.90. The first-order valence-electron chi connectivity index (χ1n) is 8.09. The van der Waals surface area contributed by atoms with Gasteiger partial charge in [-0.2, -0.15) is 4.98 Å². The highest BCUT2D eigenvalue weighted by molar-refractivity contribution is 7.10. The molecular formula is C16H21ClN4O2S. The maximum Gasteiger partial charge on any atom is 0.227 e. The number of aromatic nitrogens is 2. The van der Waals surface area contributed by atoms with Crippen LogP contribution in [-0.4, -0.2) is 27.5 Å². The minimum atomic E-state index is -0.409. The van der Waals surface area contributed by atoms with E-state index in [1.165, 1.54) is 10.4 Å². The van der Waals surface area contributed by atoms with Gasteiger partial charge in [0, 0.05) is 30.8 Å². The summed E-state index contributed by atoms with van der Waals surface area (Å²) in [7, 11) is 0. The maximum absolute atomic E-state index is 12.4. The number of carbonyl (C=O) groups excluding carboxylic acids is 1. The number of nitrogens with zero attached hydrogens (tertiary/aromatic N) is 3. The van der Waals surface area contributed by atoms with Crippen LogP contribution < -0.4 is 5.73 Å². The van der Waals surface area contributed by atoms with Gasteiger partial charge in [-0.15, -0.1) is 23.7 Å². The third kappa shape index (κ3) is 3.20. The van der Waals surface area contributed by atoms with Gasteiger partial charge in [0.1, 0.15) is 0 Å². The van der Waals surface area contributed by atoms with Crippen LogP contribution in [0, 0.1) is 0 Å². The van der Waals surface area contributed by atoms with Gasteiger partial charge < -0.3 is 15.2 Å². The molecule has 0 unspecified atom stereocenters. The lowest BCUT2D eigenvalue weighted by molar-refractivity contribution is -0.132. The smallest absolute Gasteiger partial charge is 0.227 e. The SMILES string of the molecule is Cl.NC1(c2noc(CCC(=O)N3CCc4sccc4C3)n2)CCC1. The Morgan fingerprint density at radius 1 is 1.46 bits per heavy atom. The summed E-state index contributed by atoms with van der Waals surface area (Å²) in [5.41, 5.74) is 7.06. The Kier molecular flexibility index (Phi) is 4.94. The van der Waals surface area contributed by atoms with Crippen LogP contribution in [0.4, 0.5) is 0 Å². The molecule has 6 nitrogen and oxygen atoms in total. The van der Waals surface area contributed by atoms with Crippen molar-refractivity contribution in [3.8, 4) is 0 Å². The van der Waals surface area contributed by atoms with Crippen LogP contribution in [0.3, 0.4) is 0 Å². The van der Waals surface area contributed by atoms with Gasteiger partial charge in [-0.3, -0.25) is 4.79 Å². The lowest BCUT2D eigenvalue weighted by atomic mass is 9.77. The molecule has 3 heterocycles. The summed E-state index contributed by atoms with van der Waals surface area (Å²) in [6.07, 6.45) is 4.76. The van der Waals surface area contributed by atoms with Crippen molar-refractivity contribution in [1.82, 2.24) is 15.0 Å². The highest BCUT2D eigenvalue weighted by atomic mass is 35.5. The summed E-state index contributed by atoms with van der Waals surface area (Å²) in [5.74, 6) is 1.25. The molecule has 1 aliphatic heterocycles. The van der Waals surface area contributed by atoms with E-state index in [4.69, 9.17) is 10.3 Å². The lowest BCUT2D eigenvalue weighted by Crippen LogP contribution is -2.44. The zero-order chi connectivity index (χ0) is 15.9. The lowest BCUT2D eigenvalue weighted by Gasteiger charge is -2.34. The van der Waals surface area contributed by atoms with Gasteiger partial charge >= 0.3 is 0 Å². The molecule has 1 saturated carbocycles. The van der Waals surface area contributed by atoms with E-state index in [2.05, 4.69) is 21.6 Å². The van der Waals surface area contributed by atoms with Crippen molar-refractivity contribution in [3.05, 3.63) is 33.6 Å². The number of halogens is 1. The van der Waals surface area contributed by atoms with Crippen LogP contribution in [0.25, 0.3) is 0 Å². The van der Waals surface area contributed by atoms with E-state index in [1.54, 1.807) is 11.3 Å². The van der Waals surface area contributed by atoms with Crippen molar-refractivity contribution in [1.29, 1.82) is 0 Å². The molecule has 4 rings (SSSR count). The standard InChI is InChI=1S/C16H20N4O2S.ClH/c17-16(6-1-7-16)15-18-13(22-19-15)2-3-14(21)20-8-4-12-11(10-20)5-9-23-12;/h5,9H,1-4,6-8,10,17H2;1H. The van der Waals surface area contributed by atoms with Gasteiger partial charge in [-0.05, 0) is 42.7 Å². The minimum absolute atomic E-state index is 0. The predicted molar refractivity (Wildman–Crippen MR) is 93.0 cm³/mol. The number of carbonyl (C=O) groups is 1. The number of fused-ring (bicyclic) bond motifs is 1. The number of amides is 1. The highest BCUT2D eigenvalue weighted by Gasteiger charge is 2.39. The Morgan fingerprint density at radius 2 is 2.29 bits per heavy atom. The zero-order valence-corrected chi connectivity index (χ0v) is 15.0. The summed E-state index contributed by atoms with van der Waals surface area (Å²) in [5, 5.41) is 6.09. The first-order valence-corrected chi connectivity index (χ1v) is 8.97. The largest absolute Gasteiger partial charge is 0.339 e. The van der Waals surface area contributed by atoms with Crippen LogP contribution in [0.15, 0.2) is 16.0 Å². The number of aryl methyl sites for hydroxylation is 1. The van der Waals surface area contributed by atoms with Crippen molar-refractivity contribution in [3.63, 3.8) is 0 Å².